The van der Waals surface area contributed by atoms with Gasteiger partial charge in [0, 0.05) is 49.9 Å². The third kappa shape index (κ3) is 6.69. The summed E-state index contributed by atoms with van der Waals surface area (Å²) in [5, 5.41) is 18.7. The van der Waals surface area contributed by atoms with E-state index in [0.717, 1.165) is 85.1 Å². The number of aromatic nitrogens is 3. The Kier molecular flexibility index (Phi) is 9.67. The SMILES string of the molecule is CCc1cccc2cc(O)cc(-c3ncc4c(N5CC6CCC(C5)N6)nc(OCCN5CCC(c6ccc7c(c6)C(=O)N(C6CCC(=O)NC6=O)C7=O)CC5)nc4c3F)c12. The monoisotopic (exact) mass is 812 g/mol. The van der Waals surface area contributed by atoms with Gasteiger partial charge in [-0.15, -0.1) is 0 Å². The van der Waals surface area contributed by atoms with Crippen LogP contribution in [-0.2, 0) is 16.0 Å². The highest BCUT2D eigenvalue weighted by Crippen LogP contribution is 2.39. The molecule has 5 aliphatic heterocycles. The Morgan fingerprint density at radius 3 is 2.45 bits per heavy atom. The number of amides is 4. The molecule has 10 rings (SSSR count). The van der Waals surface area contributed by atoms with Crippen LogP contribution in [0.3, 0.4) is 0 Å². The first-order chi connectivity index (χ1) is 29.1. The minimum absolute atomic E-state index is 0.0250. The maximum Gasteiger partial charge on any atom is 0.319 e. The van der Waals surface area contributed by atoms with Crippen LogP contribution in [0.25, 0.3) is 32.9 Å². The van der Waals surface area contributed by atoms with Crippen LogP contribution in [-0.4, -0.2) is 111 Å². The molecular weight excluding hydrogens is 768 g/mol. The molecular formula is C45H45FN8O6. The molecule has 3 unspecified atom stereocenters. The number of piperazine rings is 1. The summed E-state index contributed by atoms with van der Waals surface area (Å²) in [5.74, 6) is -1.86. The predicted molar refractivity (Wildman–Crippen MR) is 220 cm³/mol. The molecule has 4 amide bonds. The van der Waals surface area contributed by atoms with Crippen molar-refractivity contribution < 1.29 is 33.4 Å². The van der Waals surface area contributed by atoms with Gasteiger partial charge in [-0.25, -0.2) is 4.39 Å². The average Bonchev–Trinajstić information content (AvgIpc) is 3.72. The van der Waals surface area contributed by atoms with Crippen molar-refractivity contribution in [2.45, 2.75) is 75.9 Å². The van der Waals surface area contributed by atoms with Crippen molar-refractivity contribution in [3.8, 4) is 23.0 Å². The Balaban J connectivity index is 0.859. The Morgan fingerprint density at radius 1 is 0.900 bits per heavy atom. The summed E-state index contributed by atoms with van der Waals surface area (Å²) in [6.45, 7) is 5.92. The van der Waals surface area contributed by atoms with Crippen molar-refractivity contribution in [1.29, 1.82) is 0 Å². The number of hydrogen-bond acceptors (Lipinski definition) is 12. The minimum Gasteiger partial charge on any atom is -0.508 e. The number of aryl methyl sites for hydroxylation is 1. The summed E-state index contributed by atoms with van der Waals surface area (Å²) in [5.41, 5.74) is 3.28. The zero-order valence-corrected chi connectivity index (χ0v) is 33.2. The van der Waals surface area contributed by atoms with Crippen LogP contribution in [0.15, 0.2) is 54.7 Å². The van der Waals surface area contributed by atoms with Crippen molar-refractivity contribution in [3.05, 3.63) is 82.8 Å². The van der Waals surface area contributed by atoms with Crippen molar-refractivity contribution in [1.82, 2.24) is 35.4 Å². The number of phenols is 1. The molecule has 0 radical (unpaired) electrons. The Morgan fingerprint density at radius 2 is 1.68 bits per heavy atom. The molecule has 0 spiro atoms. The first kappa shape index (κ1) is 38.2. The minimum atomic E-state index is -0.999. The van der Waals surface area contributed by atoms with E-state index in [2.05, 4.69) is 30.4 Å². The van der Waals surface area contributed by atoms with Crippen LogP contribution < -0.4 is 20.3 Å². The fraction of sp³-hybridized carbons (Fsp3) is 0.400. The Labute approximate surface area is 345 Å². The third-order valence-electron chi connectivity index (χ3n) is 13.0. The highest BCUT2D eigenvalue weighted by molar-refractivity contribution is 6.23. The zero-order chi connectivity index (χ0) is 41.2. The molecule has 308 valence electrons. The van der Waals surface area contributed by atoms with Crippen LogP contribution >= 0.6 is 0 Å². The van der Waals surface area contributed by atoms with Crippen LogP contribution in [0.4, 0.5) is 10.2 Å². The number of nitrogens with one attached hydrogen (secondary N) is 2. The number of hydrogen-bond donors (Lipinski definition) is 3. The molecule has 14 nitrogen and oxygen atoms in total. The van der Waals surface area contributed by atoms with Crippen molar-refractivity contribution in [2.75, 3.05) is 44.2 Å². The van der Waals surface area contributed by atoms with E-state index in [1.807, 2.05) is 31.2 Å². The smallest absolute Gasteiger partial charge is 0.319 e. The summed E-state index contributed by atoms with van der Waals surface area (Å²) in [6.07, 6.45) is 6.34. The maximum atomic E-state index is 17.0. The lowest BCUT2D eigenvalue weighted by atomic mass is 9.88. The van der Waals surface area contributed by atoms with E-state index in [1.165, 1.54) is 0 Å². The van der Waals surface area contributed by atoms with Crippen LogP contribution in [0, 0.1) is 5.82 Å². The third-order valence-corrected chi connectivity index (χ3v) is 13.0. The van der Waals surface area contributed by atoms with Gasteiger partial charge in [0.25, 0.3) is 11.8 Å². The molecule has 3 atom stereocenters. The van der Waals surface area contributed by atoms with E-state index >= 15 is 4.39 Å². The van der Waals surface area contributed by atoms with Gasteiger partial charge in [0.1, 0.15) is 35.4 Å². The van der Waals surface area contributed by atoms with Gasteiger partial charge in [-0.1, -0.05) is 31.2 Å². The van der Waals surface area contributed by atoms with E-state index in [9.17, 15) is 24.3 Å². The van der Waals surface area contributed by atoms with E-state index in [-0.39, 0.29) is 53.9 Å². The topological polar surface area (TPSA) is 170 Å². The number of rotatable bonds is 9. The Bertz CT molecular complexity index is 2600. The number of imide groups is 2. The van der Waals surface area contributed by atoms with Crippen molar-refractivity contribution >= 4 is 51.1 Å². The highest BCUT2D eigenvalue weighted by atomic mass is 19.1. The molecule has 3 N–H and O–H groups in total. The number of carbonyl (C=O) groups is 4. The maximum absolute atomic E-state index is 17.0. The second-order valence-electron chi connectivity index (χ2n) is 16.6. The van der Waals surface area contributed by atoms with Gasteiger partial charge in [-0.05, 0) is 104 Å². The molecule has 4 saturated heterocycles. The summed E-state index contributed by atoms with van der Waals surface area (Å²) in [6, 6.07) is 14.2. The van der Waals surface area contributed by atoms with Gasteiger partial charge in [-0.3, -0.25) is 39.3 Å². The number of piperidine rings is 2. The number of likely N-dealkylation sites (tertiary alicyclic amines) is 1. The number of ether oxygens (including phenoxy) is 1. The van der Waals surface area contributed by atoms with Gasteiger partial charge >= 0.3 is 6.01 Å². The molecule has 5 aliphatic rings. The molecule has 2 aromatic heterocycles. The van der Waals surface area contributed by atoms with Gasteiger partial charge < -0.3 is 20.1 Å². The van der Waals surface area contributed by atoms with E-state index in [0.29, 0.717) is 41.0 Å². The number of pyridine rings is 1. The predicted octanol–water partition coefficient (Wildman–Crippen LogP) is 4.85. The molecule has 0 saturated carbocycles. The molecule has 15 heteroatoms. The number of fused-ring (bicyclic) bond motifs is 5. The largest absolute Gasteiger partial charge is 0.508 e. The molecule has 5 aromatic rings. The summed E-state index contributed by atoms with van der Waals surface area (Å²) in [4.78, 5) is 70.5. The highest BCUT2D eigenvalue weighted by Gasteiger charge is 2.45. The van der Waals surface area contributed by atoms with Gasteiger partial charge in [0.15, 0.2) is 5.82 Å². The quantitative estimate of drug-likeness (QED) is 0.173. The van der Waals surface area contributed by atoms with Crippen LogP contribution in [0.5, 0.6) is 11.8 Å². The molecule has 60 heavy (non-hydrogen) atoms. The van der Waals surface area contributed by atoms with E-state index in [4.69, 9.17) is 9.72 Å². The first-order valence-corrected chi connectivity index (χ1v) is 21.0. The summed E-state index contributed by atoms with van der Waals surface area (Å²) < 4.78 is 23.2. The summed E-state index contributed by atoms with van der Waals surface area (Å²) in [7, 11) is 0. The van der Waals surface area contributed by atoms with Gasteiger partial charge in [0.2, 0.25) is 11.8 Å². The van der Waals surface area contributed by atoms with E-state index in [1.54, 1.807) is 30.5 Å². The standard InChI is InChI=1S/C45H45FN8O6/c1-2-24-4-3-5-27-18-30(55)20-33(37(24)27)39-38(46)40-34(21-47-39)41(53-22-28-7-8-29(23-53)48-28)51-45(50-40)60-17-16-52-14-12-25(13-15-52)26-6-9-31-32(19-26)44(59)54(43(31)58)35-10-11-36(56)49-42(35)57/h3-6,9,18-21,25,28-29,35,48,55H,2,7-8,10-17,22-23H2,1H3,(H,49,56,57). The number of benzene rings is 3. The van der Waals surface area contributed by atoms with Crippen molar-refractivity contribution in [3.63, 3.8) is 0 Å². The molecule has 0 aliphatic carbocycles. The number of aromatic hydroxyl groups is 1. The zero-order valence-electron chi connectivity index (χ0n) is 33.2. The Hall–Kier alpha value is -6.06. The first-order valence-electron chi connectivity index (χ1n) is 21.0. The fourth-order valence-electron chi connectivity index (χ4n) is 9.95. The van der Waals surface area contributed by atoms with Gasteiger partial charge in [0.05, 0.1) is 16.5 Å². The average molecular weight is 813 g/mol. The second-order valence-corrected chi connectivity index (χ2v) is 16.6. The molecule has 2 bridgehead atoms. The number of anilines is 1. The van der Waals surface area contributed by atoms with Gasteiger partial charge in [-0.2, -0.15) is 9.97 Å². The lowest BCUT2D eigenvalue weighted by molar-refractivity contribution is -0.136. The number of nitrogens with zero attached hydrogens (tertiary/aromatic N) is 6. The number of halogens is 1. The molecule has 4 fully saturated rings. The molecule has 7 heterocycles. The lowest BCUT2D eigenvalue weighted by Gasteiger charge is -2.34. The summed E-state index contributed by atoms with van der Waals surface area (Å²) >= 11 is 0. The molecule has 3 aromatic carbocycles. The number of phenolic OH excluding ortho intramolecular Hbond substituents is 1. The van der Waals surface area contributed by atoms with E-state index < -0.39 is 35.5 Å². The lowest BCUT2D eigenvalue weighted by Crippen LogP contribution is -2.54. The van der Waals surface area contributed by atoms with Crippen molar-refractivity contribution in [2.24, 2.45) is 0 Å². The van der Waals surface area contributed by atoms with Crippen LogP contribution in [0.2, 0.25) is 0 Å². The number of carbonyl (C=O) groups excluding carboxylic acids is 4. The second kappa shape index (κ2) is 15.2. The van der Waals surface area contributed by atoms with Crippen LogP contribution in [0.1, 0.15) is 83.2 Å². The normalized spacial score (nSPS) is 22.3. The fourth-order valence-corrected chi connectivity index (χ4v) is 9.95.